The molecule has 0 rings (SSSR count). The second kappa shape index (κ2) is 5.94. The summed E-state index contributed by atoms with van der Waals surface area (Å²) in [6.45, 7) is 4.44. The van der Waals surface area contributed by atoms with Gasteiger partial charge in [0.05, 0.1) is 0 Å². The van der Waals surface area contributed by atoms with E-state index in [9.17, 15) is 4.79 Å². The number of hydrogen-bond acceptors (Lipinski definition) is 3. The average Bonchev–Trinajstić information content (AvgIpc) is 2.11. The number of carbonyl (C=O) groups excluding carboxylic acids is 1. The van der Waals surface area contributed by atoms with Gasteiger partial charge in [0.2, 0.25) is 5.91 Å². The lowest BCUT2D eigenvalue weighted by Gasteiger charge is -2.20. The van der Waals surface area contributed by atoms with E-state index in [1.54, 1.807) is 6.92 Å². The number of nitrogens with one attached hydrogen (secondary N) is 1. The van der Waals surface area contributed by atoms with Crippen LogP contribution in [0.5, 0.6) is 0 Å². The molecule has 0 saturated carbocycles. The van der Waals surface area contributed by atoms with Crippen molar-refractivity contribution in [3.63, 3.8) is 0 Å². The fourth-order valence-electron chi connectivity index (χ4n) is 0.682. The fraction of sp³-hybridized carbons (Fsp3) is 0.889. The summed E-state index contributed by atoms with van der Waals surface area (Å²) < 4.78 is 4.88. The zero-order chi connectivity index (χ0) is 10.4. The minimum atomic E-state index is -0.366. The number of amides is 1. The molecule has 0 aromatic rings. The summed E-state index contributed by atoms with van der Waals surface area (Å²) in [6, 6.07) is 0.341. The lowest BCUT2D eigenvalue weighted by Crippen LogP contribution is -2.42. The third kappa shape index (κ3) is 4.85. The summed E-state index contributed by atoms with van der Waals surface area (Å²) in [5.74, 6) is -0.0591. The number of carbonyl (C=O) groups is 1. The predicted octanol–water partition coefficient (Wildman–Crippen LogP) is 0.0876. The van der Waals surface area contributed by atoms with Crippen LogP contribution in [0.2, 0.25) is 0 Å². The monoisotopic (exact) mass is 188 g/mol. The van der Waals surface area contributed by atoms with Crippen LogP contribution in [0.25, 0.3) is 0 Å². The Hall–Kier alpha value is -0.610. The van der Waals surface area contributed by atoms with E-state index in [4.69, 9.17) is 4.74 Å². The third-order valence-corrected chi connectivity index (χ3v) is 2.18. The molecule has 0 saturated heterocycles. The molecular weight excluding hydrogens is 168 g/mol. The van der Waals surface area contributed by atoms with Gasteiger partial charge in [-0.3, -0.25) is 4.79 Å². The Labute approximate surface area is 80.2 Å². The zero-order valence-corrected chi connectivity index (χ0v) is 9.13. The molecule has 2 atom stereocenters. The molecule has 4 nitrogen and oxygen atoms in total. The molecule has 0 spiro atoms. The van der Waals surface area contributed by atoms with E-state index in [1.165, 1.54) is 7.11 Å². The Balaban J connectivity index is 3.70. The van der Waals surface area contributed by atoms with Crippen LogP contribution in [0.15, 0.2) is 0 Å². The third-order valence-electron chi connectivity index (χ3n) is 2.18. The van der Waals surface area contributed by atoms with Crippen LogP contribution < -0.4 is 5.32 Å². The van der Waals surface area contributed by atoms with E-state index < -0.39 is 0 Å². The maximum Gasteiger partial charge on any atom is 0.248 e. The van der Waals surface area contributed by atoms with E-state index in [0.717, 1.165) is 0 Å². The summed E-state index contributed by atoms with van der Waals surface area (Å²) in [6.07, 6.45) is -0.366. The van der Waals surface area contributed by atoms with E-state index in [0.29, 0.717) is 12.6 Å². The predicted molar refractivity (Wildman–Crippen MR) is 52.6 cm³/mol. The zero-order valence-electron chi connectivity index (χ0n) is 9.13. The number of rotatable bonds is 5. The van der Waals surface area contributed by atoms with Crippen LogP contribution in [-0.4, -0.2) is 50.7 Å². The van der Waals surface area contributed by atoms with Gasteiger partial charge in [-0.2, -0.15) is 0 Å². The molecule has 1 amide bonds. The summed E-state index contributed by atoms with van der Waals surface area (Å²) >= 11 is 0. The Morgan fingerprint density at radius 1 is 1.46 bits per heavy atom. The Bertz CT molecular complexity index is 160. The second-order valence-corrected chi connectivity index (χ2v) is 3.44. The molecule has 0 bridgehead atoms. The first-order valence-corrected chi connectivity index (χ1v) is 4.46. The van der Waals surface area contributed by atoms with Crippen molar-refractivity contribution in [3.05, 3.63) is 0 Å². The molecule has 0 radical (unpaired) electrons. The Kier molecular flexibility index (Phi) is 5.66. The van der Waals surface area contributed by atoms with Crippen LogP contribution in [0.4, 0.5) is 0 Å². The van der Waals surface area contributed by atoms with Crippen LogP contribution in [0, 0.1) is 0 Å². The van der Waals surface area contributed by atoms with Crippen molar-refractivity contribution in [3.8, 4) is 0 Å². The Morgan fingerprint density at radius 3 is 2.38 bits per heavy atom. The highest BCUT2D eigenvalue weighted by Gasteiger charge is 2.12. The van der Waals surface area contributed by atoms with Gasteiger partial charge in [-0.15, -0.1) is 0 Å². The number of methoxy groups -OCH3 is 1. The van der Waals surface area contributed by atoms with Crippen LogP contribution in [0.3, 0.4) is 0 Å². The Morgan fingerprint density at radius 2 is 2.00 bits per heavy atom. The molecule has 4 heteroatoms. The number of hydrogen-bond donors (Lipinski definition) is 1. The number of nitrogens with zero attached hydrogens (tertiary/aromatic N) is 1. The topological polar surface area (TPSA) is 41.6 Å². The number of likely N-dealkylation sites (N-methyl/N-ethyl adjacent to an activating group) is 1. The molecule has 2 unspecified atom stereocenters. The van der Waals surface area contributed by atoms with Crippen molar-refractivity contribution in [2.75, 3.05) is 27.7 Å². The average molecular weight is 188 g/mol. The molecule has 0 heterocycles. The molecule has 0 fully saturated rings. The maximum atomic E-state index is 11.2. The van der Waals surface area contributed by atoms with Gasteiger partial charge in [0.1, 0.15) is 6.10 Å². The largest absolute Gasteiger partial charge is 0.372 e. The smallest absolute Gasteiger partial charge is 0.248 e. The lowest BCUT2D eigenvalue weighted by molar-refractivity contribution is -0.130. The SMILES string of the molecule is COC(C)C(=O)NCC(C)N(C)C. The number of ether oxygens (including phenoxy) is 1. The van der Waals surface area contributed by atoms with Crippen molar-refractivity contribution in [2.24, 2.45) is 0 Å². The van der Waals surface area contributed by atoms with Gasteiger partial charge in [0.25, 0.3) is 0 Å². The molecule has 0 aliphatic carbocycles. The molecule has 0 aliphatic rings. The highest BCUT2D eigenvalue weighted by atomic mass is 16.5. The molecule has 0 aromatic heterocycles. The van der Waals surface area contributed by atoms with Gasteiger partial charge in [-0.05, 0) is 27.9 Å². The maximum absolute atomic E-state index is 11.2. The molecule has 0 aliphatic heterocycles. The first kappa shape index (κ1) is 12.4. The first-order chi connectivity index (χ1) is 5.99. The van der Waals surface area contributed by atoms with Gasteiger partial charge in [-0.25, -0.2) is 0 Å². The van der Waals surface area contributed by atoms with E-state index in [2.05, 4.69) is 17.1 Å². The molecular formula is C9H20N2O2. The second-order valence-electron chi connectivity index (χ2n) is 3.44. The molecule has 1 N–H and O–H groups in total. The van der Waals surface area contributed by atoms with Crippen LogP contribution in [0.1, 0.15) is 13.8 Å². The minimum absolute atomic E-state index is 0.0591. The van der Waals surface area contributed by atoms with Crippen molar-refractivity contribution >= 4 is 5.91 Å². The highest BCUT2D eigenvalue weighted by Crippen LogP contribution is 1.91. The summed E-state index contributed by atoms with van der Waals surface area (Å²) in [5.41, 5.74) is 0. The quantitative estimate of drug-likeness (QED) is 0.664. The summed E-state index contributed by atoms with van der Waals surface area (Å²) in [5, 5.41) is 2.81. The van der Waals surface area contributed by atoms with Crippen molar-refractivity contribution in [1.82, 2.24) is 10.2 Å². The normalized spacial score (nSPS) is 15.5. The van der Waals surface area contributed by atoms with Gasteiger partial charge < -0.3 is 15.0 Å². The first-order valence-electron chi connectivity index (χ1n) is 4.46. The lowest BCUT2D eigenvalue weighted by atomic mass is 10.3. The molecule has 0 aromatic carbocycles. The van der Waals surface area contributed by atoms with E-state index >= 15 is 0 Å². The molecule has 13 heavy (non-hydrogen) atoms. The summed E-state index contributed by atoms with van der Waals surface area (Å²) in [7, 11) is 5.49. The summed E-state index contributed by atoms with van der Waals surface area (Å²) in [4.78, 5) is 13.3. The van der Waals surface area contributed by atoms with Crippen LogP contribution in [-0.2, 0) is 9.53 Å². The van der Waals surface area contributed by atoms with Crippen molar-refractivity contribution in [2.45, 2.75) is 26.0 Å². The van der Waals surface area contributed by atoms with Crippen molar-refractivity contribution in [1.29, 1.82) is 0 Å². The minimum Gasteiger partial charge on any atom is -0.372 e. The van der Waals surface area contributed by atoms with Crippen molar-refractivity contribution < 1.29 is 9.53 Å². The fourth-order valence-corrected chi connectivity index (χ4v) is 0.682. The van der Waals surface area contributed by atoms with Gasteiger partial charge in [-0.1, -0.05) is 0 Å². The van der Waals surface area contributed by atoms with E-state index in [-0.39, 0.29) is 12.0 Å². The van der Waals surface area contributed by atoms with Gasteiger partial charge >= 0.3 is 0 Å². The van der Waals surface area contributed by atoms with E-state index in [1.807, 2.05) is 14.1 Å². The van der Waals surface area contributed by atoms with Gasteiger partial charge in [0.15, 0.2) is 0 Å². The molecule has 78 valence electrons. The van der Waals surface area contributed by atoms with Gasteiger partial charge in [0, 0.05) is 19.7 Å². The highest BCUT2D eigenvalue weighted by molar-refractivity contribution is 5.80. The standard InChI is InChI=1S/C9H20N2O2/c1-7(11(3)4)6-10-9(12)8(2)13-5/h7-8H,6H2,1-5H3,(H,10,12). The van der Waals surface area contributed by atoms with Crippen LogP contribution >= 0.6 is 0 Å².